The molecule has 0 aromatic heterocycles. The average molecular weight is 199 g/mol. The first-order valence-electron chi connectivity index (χ1n) is 5.94. The average Bonchev–Trinajstić information content (AvgIpc) is 2.20. The second-order valence-electron chi connectivity index (χ2n) is 4.35. The molecule has 3 heteroatoms. The van der Waals surface area contributed by atoms with E-state index in [1.54, 1.807) is 0 Å². The lowest BCUT2D eigenvalue weighted by atomic mass is 9.81. The van der Waals surface area contributed by atoms with Crippen LogP contribution in [0, 0.1) is 11.8 Å². The molecule has 0 amide bonds. The van der Waals surface area contributed by atoms with Crippen molar-refractivity contribution in [1.82, 2.24) is 9.91 Å². The Kier molecular flexibility index (Phi) is 4.85. The Labute approximate surface area is 88.2 Å². The van der Waals surface area contributed by atoms with Crippen molar-refractivity contribution >= 4 is 0 Å². The van der Waals surface area contributed by atoms with Crippen LogP contribution in [-0.2, 0) is 0 Å². The van der Waals surface area contributed by atoms with E-state index in [4.69, 9.17) is 5.84 Å². The fourth-order valence-electron chi connectivity index (χ4n) is 2.57. The maximum Gasteiger partial charge on any atom is 0.0171 e. The minimum absolute atomic E-state index is 0.836. The Morgan fingerprint density at radius 3 is 2.36 bits per heavy atom. The number of piperidine rings is 2. The molecule has 2 aliphatic heterocycles. The summed E-state index contributed by atoms with van der Waals surface area (Å²) in [5, 5.41) is 1.99. The van der Waals surface area contributed by atoms with Crippen molar-refractivity contribution in [3.63, 3.8) is 0 Å². The van der Waals surface area contributed by atoms with Crippen LogP contribution in [0.5, 0.6) is 0 Å². The third-order valence-electron chi connectivity index (χ3n) is 3.35. The number of rotatable bonds is 0. The van der Waals surface area contributed by atoms with Gasteiger partial charge in [-0.2, -0.15) is 0 Å². The van der Waals surface area contributed by atoms with Gasteiger partial charge in [-0.3, -0.25) is 5.84 Å². The number of nitrogens with zero attached hydrogens (tertiary/aromatic N) is 2. The molecule has 84 valence electrons. The third-order valence-corrected chi connectivity index (χ3v) is 3.35. The highest BCUT2D eigenvalue weighted by Crippen LogP contribution is 2.29. The summed E-state index contributed by atoms with van der Waals surface area (Å²) >= 11 is 0. The molecule has 2 fully saturated rings. The number of nitrogens with two attached hydrogens (primary N) is 1. The van der Waals surface area contributed by atoms with Crippen molar-refractivity contribution in [2.45, 2.75) is 26.7 Å². The lowest BCUT2D eigenvalue weighted by molar-refractivity contribution is 0.0525. The van der Waals surface area contributed by atoms with Crippen LogP contribution in [0.3, 0.4) is 0 Å². The number of hydrogen-bond donors (Lipinski definition) is 1. The molecule has 0 spiro atoms. The predicted octanol–water partition coefficient (Wildman–Crippen LogP) is 1.16. The van der Waals surface area contributed by atoms with Crippen LogP contribution in [0.15, 0.2) is 0 Å². The van der Waals surface area contributed by atoms with E-state index in [-0.39, 0.29) is 0 Å². The topological polar surface area (TPSA) is 32.5 Å². The molecule has 14 heavy (non-hydrogen) atoms. The normalized spacial score (nSPS) is 34.3. The largest absolute Gasteiger partial charge is 0.306 e. The smallest absolute Gasteiger partial charge is 0.0171 e. The van der Waals surface area contributed by atoms with E-state index in [1.165, 1.54) is 25.9 Å². The van der Waals surface area contributed by atoms with E-state index in [1.807, 2.05) is 18.9 Å². The summed E-state index contributed by atoms with van der Waals surface area (Å²) in [6.07, 6.45) is 2.70. The quantitative estimate of drug-likeness (QED) is 0.594. The minimum Gasteiger partial charge on any atom is -0.306 e. The van der Waals surface area contributed by atoms with Crippen LogP contribution < -0.4 is 5.84 Å². The highest BCUT2D eigenvalue weighted by molar-refractivity contribution is 4.84. The van der Waals surface area contributed by atoms with Crippen LogP contribution in [0.4, 0.5) is 0 Å². The molecular weight excluding hydrogens is 174 g/mol. The third kappa shape index (κ3) is 2.94. The van der Waals surface area contributed by atoms with E-state index in [2.05, 4.69) is 11.9 Å². The minimum atomic E-state index is 0.836. The second kappa shape index (κ2) is 5.69. The molecule has 2 saturated heterocycles. The maximum atomic E-state index is 5.80. The van der Waals surface area contributed by atoms with E-state index in [0.29, 0.717) is 0 Å². The molecular formula is C11H25N3. The first kappa shape index (κ1) is 12.0. The summed E-state index contributed by atoms with van der Waals surface area (Å²) in [6.45, 7) is 8.74. The summed E-state index contributed by atoms with van der Waals surface area (Å²) in [7, 11) is 2.21. The van der Waals surface area contributed by atoms with Gasteiger partial charge in [0.2, 0.25) is 0 Å². The zero-order chi connectivity index (χ0) is 10.6. The number of hydrazine groups is 1. The van der Waals surface area contributed by atoms with Gasteiger partial charge in [-0.15, -0.1) is 0 Å². The predicted molar refractivity (Wildman–Crippen MR) is 60.8 cm³/mol. The van der Waals surface area contributed by atoms with Gasteiger partial charge < -0.3 is 4.90 Å². The Morgan fingerprint density at radius 1 is 1.00 bits per heavy atom. The zero-order valence-electron chi connectivity index (χ0n) is 9.87. The highest BCUT2D eigenvalue weighted by Gasteiger charge is 2.31. The molecule has 3 nitrogen and oxygen atoms in total. The monoisotopic (exact) mass is 199 g/mol. The van der Waals surface area contributed by atoms with Gasteiger partial charge in [0.1, 0.15) is 0 Å². The van der Waals surface area contributed by atoms with Gasteiger partial charge in [-0.25, -0.2) is 5.01 Å². The molecule has 0 aromatic rings. The van der Waals surface area contributed by atoms with Crippen LogP contribution in [0.2, 0.25) is 0 Å². The van der Waals surface area contributed by atoms with Crippen LogP contribution >= 0.6 is 0 Å². The number of hydrogen-bond acceptors (Lipinski definition) is 3. The van der Waals surface area contributed by atoms with Crippen LogP contribution in [0.25, 0.3) is 0 Å². The fraction of sp³-hybridized carbons (Fsp3) is 1.00. The van der Waals surface area contributed by atoms with E-state index in [9.17, 15) is 0 Å². The molecule has 2 aliphatic rings. The molecule has 0 saturated carbocycles. The summed E-state index contributed by atoms with van der Waals surface area (Å²) in [6, 6.07) is 0. The second-order valence-corrected chi connectivity index (χ2v) is 4.35. The molecule has 0 aliphatic carbocycles. The lowest BCUT2D eigenvalue weighted by Crippen LogP contribution is -2.50. The van der Waals surface area contributed by atoms with Crippen molar-refractivity contribution < 1.29 is 0 Å². The molecule has 2 atom stereocenters. The van der Waals surface area contributed by atoms with Gasteiger partial charge in [0.15, 0.2) is 0 Å². The molecule has 0 radical (unpaired) electrons. The van der Waals surface area contributed by atoms with Crippen molar-refractivity contribution in [2.75, 3.05) is 33.2 Å². The fourth-order valence-corrected chi connectivity index (χ4v) is 2.57. The van der Waals surface area contributed by atoms with Gasteiger partial charge in [0, 0.05) is 19.6 Å². The van der Waals surface area contributed by atoms with Crippen LogP contribution in [-0.4, -0.2) is 43.1 Å². The summed E-state index contributed by atoms with van der Waals surface area (Å²) < 4.78 is 0. The molecule has 2 heterocycles. The summed E-state index contributed by atoms with van der Waals surface area (Å²) in [5.74, 6) is 7.60. The van der Waals surface area contributed by atoms with E-state index >= 15 is 0 Å². The van der Waals surface area contributed by atoms with Crippen molar-refractivity contribution in [3.8, 4) is 0 Å². The highest BCUT2D eigenvalue weighted by atomic mass is 15.4. The Balaban J connectivity index is 0.000000461. The van der Waals surface area contributed by atoms with Crippen molar-refractivity contribution in [3.05, 3.63) is 0 Å². The number of likely N-dealkylation sites (tertiary alicyclic amines) is 1. The summed E-state index contributed by atoms with van der Waals surface area (Å²) in [5.41, 5.74) is 0. The Morgan fingerprint density at radius 2 is 1.64 bits per heavy atom. The molecule has 2 N–H and O–H groups in total. The van der Waals surface area contributed by atoms with E-state index in [0.717, 1.165) is 24.9 Å². The van der Waals surface area contributed by atoms with Gasteiger partial charge in [-0.1, -0.05) is 13.8 Å². The molecule has 0 bridgehead atoms. The summed E-state index contributed by atoms with van der Waals surface area (Å²) in [4.78, 5) is 2.43. The zero-order valence-corrected chi connectivity index (χ0v) is 9.87. The van der Waals surface area contributed by atoms with Crippen molar-refractivity contribution in [1.29, 1.82) is 0 Å². The van der Waals surface area contributed by atoms with Gasteiger partial charge in [-0.05, 0) is 38.3 Å². The lowest BCUT2D eigenvalue weighted by Gasteiger charge is -2.42. The van der Waals surface area contributed by atoms with Gasteiger partial charge in [0.05, 0.1) is 0 Å². The SMILES string of the molecule is CC.CN1CCC2CCN(N)CC2C1. The van der Waals surface area contributed by atoms with Crippen molar-refractivity contribution in [2.24, 2.45) is 17.7 Å². The number of fused-ring (bicyclic) bond motifs is 1. The first-order chi connectivity index (χ1) is 6.75. The van der Waals surface area contributed by atoms with Crippen LogP contribution in [0.1, 0.15) is 26.7 Å². The Bertz CT molecular complexity index is 145. The molecule has 2 unspecified atom stereocenters. The van der Waals surface area contributed by atoms with Gasteiger partial charge in [0.25, 0.3) is 0 Å². The van der Waals surface area contributed by atoms with Gasteiger partial charge >= 0.3 is 0 Å². The maximum absolute atomic E-state index is 5.80. The molecule has 2 rings (SSSR count). The first-order valence-corrected chi connectivity index (χ1v) is 5.94. The molecule has 0 aromatic carbocycles. The Hall–Kier alpha value is -0.120. The standard InChI is InChI=1S/C9H19N3.C2H6/c1-11-4-2-8-3-5-12(10)7-9(8)6-11;1-2/h8-9H,2-7,10H2,1H3;1-2H3. The van der Waals surface area contributed by atoms with E-state index < -0.39 is 0 Å².